The Bertz CT molecular complexity index is 313. The molecule has 1 aromatic rings. The summed E-state index contributed by atoms with van der Waals surface area (Å²) in [6.45, 7) is 2.96. The van der Waals surface area contributed by atoms with E-state index in [9.17, 15) is 0 Å². The molecule has 0 aromatic carbocycles. The fraction of sp³-hybridized carbons (Fsp3) is 0.750. The van der Waals surface area contributed by atoms with E-state index in [0.29, 0.717) is 0 Å². The summed E-state index contributed by atoms with van der Waals surface area (Å²) in [7, 11) is 0. The topological polar surface area (TPSA) is 38.9 Å². The van der Waals surface area contributed by atoms with Crippen LogP contribution in [-0.4, -0.2) is 11.5 Å². The Morgan fingerprint density at radius 1 is 1.40 bits per heavy atom. The Balaban J connectivity index is 2.19. The van der Waals surface area contributed by atoms with Gasteiger partial charge in [-0.05, 0) is 25.8 Å². The lowest BCUT2D eigenvalue weighted by atomic mass is 10.0. The Morgan fingerprint density at radius 3 is 2.73 bits per heavy atom. The van der Waals surface area contributed by atoms with Crippen molar-refractivity contribution in [3.8, 4) is 0 Å². The molecule has 0 saturated heterocycles. The van der Waals surface area contributed by atoms with E-state index in [1.165, 1.54) is 41.3 Å². The van der Waals surface area contributed by atoms with Crippen molar-refractivity contribution < 1.29 is 0 Å². The number of aryl methyl sites for hydroxylation is 1. The van der Waals surface area contributed by atoms with Crippen molar-refractivity contribution in [1.29, 1.82) is 0 Å². The summed E-state index contributed by atoms with van der Waals surface area (Å²) >= 11 is 1.88. The highest BCUT2D eigenvalue weighted by molar-refractivity contribution is 7.11. The summed E-state index contributed by atoms with van der Waals surface area (Å²) in [5.41, 5.74) is 6.99. The molecule has 2 rings (SSSR count). The van der Waals surface area contributed by atoms with Crippen LogP contribution >= 0.6 is 11.3 Å². The van der Waals surface area contributed by atoms with Crippen LogP contribution in [0.4, 0.5) is 0 Å². The van der Waals surface area contributed by atoms with Gasteiger partial charge in [0.2, 0.25) is 0 Å². The normalized spacial score (nSPS) is 17.5. The Morgan fingerprint density at radius 2 is 2.13 bits per heavy atom. The van der Waals surface area contributed by atoms with Crippen LogP contribution in [0.25, 0.3) is 0 Å². The average Bonchev–Trinajstić information content (AvgIpc) is 2.84. The predicted octanol–water partition coefficient (Wildman–Crippen LogP) is 2.86. The number of nitrogens with two attached hydrogens (primary N) is 1. The molecule has 3 heteroatoms. The second-order valence-corrected chi connectivity index (χ2v) is 5.46. The highest BCUT2D eigenvalue weighted by atomic mass is 32.1. The molecule has 2 N–H and O–H groups in total. The van der Waals surface area contributed by atoms with Crippen molar-refractivity contribution in [3.05, 3.63) is 15.6 Å². The van der Waals surface area contributed by atoms with E-state index < -0.39 is 0 Å². The van der Waals surface area contributed by atoms with Crippen LogP contribution in [0.15, 0.2) is 0 Å². The van der Waals surface area contributed by atoms with Gasteiger partial charge in [-0.3, -0.25) is 0 Å². The summed E-state index contributed by atoms with van der Waals surface area (Å²) in [6.07, 6.45) is 7.55. The molecular weight excluding hydrogens is 204 g/mol. The minimum absolute atomic E-state index is 0.723. The van der Waals surface area contributed by atoms with Gasteiger partial charge in [0.25, 0.3) is 0 Å². The molecule has 1 aliphatic rings. The monoisotopic (exact) mass is 224 g/mol. The van der Waals surface area contributed by atoms with Crippen LogP contribution < -0.4 is 5.73 Å². The predicted molar refractivity (Wildman–Crippen MR) is 65.5 cm³/mol. The standard InChI is InChI=1S/C12H20N2S/c1-2-10-12(9-5-3-4-6-9)14-11(15-10)7-8-13/h9H,2-8,13H2,1H3. The first-order chi connectivity index (χ1) is 7.35. The SMILES string of the molecule is CCc1sc(CCN)nc1C1CCCC1. The average molecular weight is 224 g/mol. The van der Waals surface area contributed by atoms with Gasteiger partial charge in [0.15, 0.2) is 0 Å². The van der Waals surface area contributed by atoms with E-state index in [0.717, 1.165) is 25.3 Å². The molecule has 15 heavy (non-hydrogen) atoms. The van der Waals surface area contributed by atoms with E-state index in [-0.39, 0.29) is 0 Å². The molecule has 0 bridgehead atoms. The molecule has 1 aliphatic carbocycles. The zero-order chi connectivity index (χ0) is 10.7. The minimum atomic E-state index is 0.723. The molecule has 0 aliphatic heterocycles. The lowest BCUT2D eigenvalue weighted by Crippen LogP contribution is -2.03. The maximum absolute atomic E-state index is 5.58. The van der Waals surface area contributed by atoms with Crippen molar-refractivity contribution >= 4 is 11.3 Å². The Labute approximate surface area is 95.9 Å². The van der Waals surface area contributed by atoms with Crippen LogP contribution in [-0.2, 0) is 12.8 Å². The zero-order valence-corrected chi connectivity index (χ0v) is 10.3. The number of thiazole rings is 1. The van der Waals surface area contributed by atoms with Gasteiger partial charge in [-0.25, -0.2) is 4.98 Å². The molecule has 1 heterocycles. The number of hydrogen-bond donors (Lipinski definition) is 1. The van der Waals surface area contributed by atoms with Crippen molar-refractivity contribution in [1.82, 2.24) is 4.98 Å². The highest BCUT2D eigenvalue weighted by Gasteiger charge is 2.22. The first-order valence-corrected chi connectivity index (χ1v) is 6.85. The van der Waals surface area contributed by atoms with Crippen molar-refractivity contribution in [2.24, 2.45) is 5.73 Å². The summed E-state index contributed by atoms with van der Waals surface area (Å²) in [5.74, 6) is 0.753. The quantitative estimate of drug-likeness (QED) is 0.854. The molecule has 0 spiro atoms. The maximum atomic E-state index is 5.58. The molecule has 0 radical (unpaired) electrons. The number of hydrogen-bond acceptors (Lipinski definition) is 3. The van der Waals surface area contributed by atoms with Gasteiger partial charge >= 0.3 is 0 Å². The van der Waals surface area contributed by atoms with Gasteiger partial charge in [-0.15, -0.1) is 11.3 Å². The Kier molecular flexibility index (Phi) is 3.76. The molecule has 1 saturated carbocycles. The van der Waals surface area contributed by atoms with E-state index in [2.05, 4.69) is 6.92 Å². The second kappa shape index (κ2) is 5.08. The summed E-state index contributed by atoms with van der Waals surface area (Å²) in [6, 6.07) is 0. The van der Waals surface area contributed by atoms with Crippen LogP contribution in [0.3, 0.4) is 0 Å². The highest BCUT2D eigenvalue weighted by Crippen LogP contribution is 2.37. The third kappa shape index (κ3) is 2.40. The molecule has 1 aromatic heterocycles. The van der Waals surface area contributed by atoms with Crippen LogP contribution in [0.2, 0.25) is 0 Å². The third-order valence-electron chi connectivity index (χ3n) is 3.19. The fourth-order valence-corrected chi connectivity index (χ4v) is 3.53. The van der Waals surface area contributed by atoms with Gasteiger partial charge in [0.05, 0.1) is 10.7 Å². The van der Waals surface area contributed by atoms with Gasteiger partial charge in [-0.2, -0.15) is 0 Å². The summed E-state index contributed by atoms with van der Waals surface area (Å²) in [5, 5.41) is 1.25. The van der Waals surface area contributed by atoms with Crippen LogP contribution in [0.5, 0.6) is 0 Å². The lowest BCUT2D eigenvalue weighted by molar-refractivity contribution is 0.690. The maximum Gasteiger partial charge on any atom is 0.0943 e. The number of nitrogens with zero attached hydrogens (tertiary/aromatic N) is 1. The van der Waals surface area contributed by atoms with Crippen LogP contribution in [0.1, 0.15) is 54.1 Å². The zero-order valence-electron chi connectivity index (χ0n) is 9.46. The molecule has 84 valence electrons. The third-order valence-corrected chi connectivity index (χ3v) is 4.47. The molecule has 0 amide bonds. The smallest absolute Gasteiger partial charge is 0.0943 e. The van der Waals surface area contributed by atoms with Gasteiger partial charge in [-0.1, -0.05) is 19.8 Å². The molecular formula is C12H20N2S. The first-order valence-electron chi connectivity index (χ1n) is 6.03. The van der Waals surface area contributed by atoms with E-state index in [1.807, 2.05) is 11.3 Å². The number of rotatable bonds is 4. The van der Waals surface area contributed by atoms with Gasteiger partial charge in [0.1, 0.15) is 0 Å². The Hall–Kier alpha value is -0.410. The van der Waals surface area contributed by atoms with Crippen molar-refractivity contribution in [2.45, 2.75) is 51.4 Å². The summed E-state index contributed by atoms with van der Waals surface area (Å²) < 4.78 is 0. The van der Waals surface area contributed by atoms with E-state index in [4.69, 9.17) is 10.7 Å². The van der Waals surface area contributed by atoms with E-state index in [1.54, 1.807) is 0 Å². The van der Waals surface area contributed by atoms with Gasteiger partial charge < -0.3 is 5.73 Å². The molecule has 2 nitrogen and oxygen atoms in total. The largest absolute Gasteiger partial charge is 0.330 e. The van der Waals surface area contributed by atoms with Crippen LogP contribution in [0, 0.1) is 0 Å². The lowest BCUT2D eigenvalue weighted by Gasteiger charge is -2.06. The molecule has 0 atom stereocenters. The van der Waals surface area contributed by atoms with E-state index >= 15 is 0 Å². The van der Waals surface area contributed by atoms with Gasteiger partial charge in [0, 0.05) is 17.2 Å². The first kappa shape index (κ1) is 11.1. The fourth-order valence-electron chi connectivity index (χ4n) is 2.42. The molecule has 0 unspecified atom stereocenters. The van der Waals surface area contributed by atoms with Crippen molar-refractivity contribution in [3.63, 3.8) is 0 Å². The summed E-state index contributed by atoms with van der Waals surface area (Å²) in [4.78, 5) is 6.30. The van der Waals surface area contributed by atoms with Crippen molar-refractivity contribution in [2.75, 3.05) is 6.54 Å². The minimum Gasteiger partial charge on any atom is -0.330 e. The molecule has 1 fully saturated rings. The second-order valence-electron chi connectivity index (χ2n) is 4.29. The number of aromatic nitrogens is 1.